The maximum atomic E-state index is 12.4. The van der Waals surface area contributed by atoms with E-state index in [4.69, 9.17) is 4.98 Å². The number of likely N-dealkylation sites (tertiary alicyclic amines) is 1. The zero-order chi connectivity index (χ0) is 17.4. The highest BCUT2D eigenvalue weighted by molar-refractivity contribution is 9.10. The fraction of sp³-hybridized carbons (Fsp3) is 0.300. The molecule has 5 heteroatoms. The highest BCUT2D eigenvalue weighted by Crippen LogP contribution is 2.33. The predicted octanol–water partition coefficient (Wildman–Crippen LogP) is 4.10. The van der Waals surface area contributed by atoms with Crippen molar-refractivity contribution in [2.75, 3.05) is 6.54 Å². The van der Waals surface area contributed by atoms with Crippen LogP contribution < -0.4 is 5.56 Å². The molecule has 1 fully saturated rings. The van der Waals surface area contributed by atoms with Gasteiger partial charge in [-0.3, -0.25) is 14.1 Å². The van der Waals surface area contributed by atoms with E-state index in [-0.39, 0.29) is 5.56 Å². The first kappa shape index (κ1) is 16.5. The Kier molecular flexibility index (Phi) is 4.44. The molecule has 4 rings (SSSR count). The number of rotatable bonds is 3. The van der Waals surface area contributed by atoms with Crippen LogP contribution in [0.15, 0.2) is 57.9 Å². The van der Waals surface area contributed by atoms with Crippen LogP contribution in [-0.4, -0.2) is 20.8 Å². The minimum Gasteiger partial charge on any atom is -0.291 e. The molecule has 1 aliphatic rings. The first-order valence-corrected chi connectivity index (χ1v) is 9.38. The van der Waals surface area contributed by atoms with Crippen LogP contribution in [0.2, 0.25) is 0 Å². The molecule has 0 amide bonds. The summed E-state index contributed by atoms with van der Waals surface area (Å²) in [4.78, 5) is 19.6. The number of hydrogen-bond acceptors (Lipinski definition) is 3. The summed E-state index contributed by atoms with van der Waals surface area (Å²) in [7, 11) is 0. The van der Waals surface area contributed by atoms with Gasteiger partial charge in [-0.05, 0) is 55.6 Å². The van der Waals surface area contributed by atoms with Crippen LogP contribution >= 0.6 is 15.9 Å². The van der Waals surface area contributed by atoms with Gasteiger partial charge in [-0.1, -0.05) is 34.1 Å². The zero-order valence-electron chi connectivity index (χ0n) is 14.2. The Morgan fingerprint density at radius 1 is 1.24 bits per heavy atom. The van der Waals surface area contributed by atoms with Crippen molar-refractivity contribution in [2.45, 2.75) is 32.4 Å². The number of nitrogens with zero attached hydrogens (tertiary/aromatic N) is 3. The van der Waals surface area contributed by atoms with Crippen molar-refractivity contribution >= 4 is 21.6 Å². The van der Waals surface area contributed by atoms with Gasteiger partial charge in [-0.25, -0.2) is 4.98 Å². The zero-order valence-corrected chi connectivity index (χ0v) is 15.7. The van der Waals surface area contributed by atoms with Crippen LogP contribution in [0.1, 0.15) is 35.7 Å². The average molecular weight is 398 g/mol. The van der Waals surface area contributed by atoms with Gasteiger partial charge in [0, 0.05) is 29.3 Å². The molecule has 0 bridgehead atoms. The molecule has 0 unspecified atom stereocenters. The lowest BCUT2D eigenvalue weighted by molar-refractivity contribution is 0.245. The topological polar surface area (TPSA) is 37.6 Å². The molecule has 25 heavy (non-hydrogen) atoms. The fourth-order valence-corrected chi connectivity index (χ4v) is 4.12. The molecule has 128 valence electrons. The van der Waals surface area contributed by atoms with Crippen LogP contribution in [0.25, 0.3) is 5.65 Å². The molecule has 0 radical (unpaired) electrons. The second-order valence-electron chi connectivity index (χ2n) is 6.65. The lowest BCUT2D eigenvalue weighted by Crippen LogP contribution is -2.25. The van der Waals surface area contributed by atoms with Crippen molar-refractivity contribution < 1.29 is 0 Å². The summed E-state index contributed by atoms with van der Waals surface area (Å²) in [6.07, 6.45) is 4.09. The van der Waals surface area contributed by atoms with Gasteiger partial charge in [0.25, 0.3) is 5.56 Å². The van der Waals surface area contributed by atoms with Crippen molar-refractivity contribution in [1.82, 2.24) is 14.3 Å². The normalized spacial score (nSPS) is 18.1. The van der Waals surface area contributed by atoms with Crippen molar-refractivity contribution in [1.29, 1.82) is 0 Å². The van der Waals surface area contributed by atoms with E-state index in [0.29, 0.717) is 12.6 Å². The molecule has 1 atom stereocenters. The SMILES string of the molecule is Cc1cccn2c(=O)cc(CN3CCC[C@H]3c3cccc(Br)c3)nc12. The van der Waals surface area contributed by atoms with E-state index in [1.54, 1.807) is 16.7 Å². The Balaban J connectivity index is 1.66. The van der Waals surface area contributed by atoms with E-state index in [1.807, 2.05) is 19.1 Å². The van der Waals surface area contributed by atoms with Crippen LogP contribution in [-0.2, 0) is 6.54 Å². The Morgan fingerprint density at radius 3 is 2.96 bits per heavy atom. The van der Waals surface area contributed by atoms with Gasteiger partial charge < -0.3 is 0 Å². The number of fused-ring (bicyclic) bond motifs is 1. The lowest BCUT2D eigenvalue weighted by atomic mass is 10.0. The minimum absolute atomic E-state index is 0.0121. The van der Waals surface area contributed by atoms with Gasteiger partial charge in [0.15, 0.2) is 0 Å². The number of halogens is 1. The van der Waals surface area contributed by atoms with Gasteiger partial charge in [0.05, 0.1) is 5.69 Å². The average Bonchev–Trinajstić information content (AvgIpc) is 3.04. The highest BCUT2D eigenvalue weighted by atomic mass is 79.9. The summed E-state index contributed by atoms with van der Waals surface area (Å²) in [6, 6.07) is 14.4. The molecule has 0 spiro atoms. The van der Waals surface area contributed by atoms with Crippen molar-refractivity contribution in [3.05, 3.63) is 80.3 Å². The number of aromatic nitrogens is 2. The van der Waals surface area contributed by atoms with Gasteiger partial charge in [0.1, 0.15) is 5.65 Å². The van der Waals surface area contributed by atoms with E-state index in [1.165, 1.54) is 12.0 Å². The van der Waals surface area contributed by atoms with Crippen molar-refractivity contribution in [2.24, 2.45) is 0 Å². The first-order chi connectivity index (χ1) is 12.1. The quantitative estimate of drug-likeness (QED) is 0.667. The predicted molar refractivity (Wildman–Crippen MR) is 103 cm³/mol. The van der Waals surface area contributed by atoms with Gasteiger partial charge >= 0.3 is 0 Å². The van der Waals surface area contributed by atoms with Crippen LogP contribution in [0, 0.1) is 6.92 Å². The summed E-state index contributed by atoms with van der Waals surface area (Å²) in [5, 5.41) is 0. The van der Waals surface area contributed by atoms with E-state index in [0.717, 1.165) is 34.3 Å². The van der Waals surface area contributed by atoms with Gasteiger partial charge in [0.2, 0.25) is 0 Å². The Bertz CT molecular complexity index is 982. The molecule has 3 aromatic rings. The van der Waals surface area contributed by atoms with Gasteiger partial charge in [-0.15, -0.1) is 0 Å². The third-order valence-corrected chi connectivity index (χ3v) is 5.39. The van der Waals surface area contributed by atoms with E-state index < -0.39 is 0 Å². The lowest BCUT2D eigenvalue weighted by Gasteiger charge is -2.24. The Hall–Kier alpha value is -1.98. The number of benzene rings is 1. The van der Waals surface area contributed by atoms with Crippen molar-refractivity contribution in [3.8, 4) is 0 Å². The second-order valence-corrected chi connectivity index (χ2v) is 7.57. The molecule has 1 aromatic carbocycles. The summed E-state index contributed by atoms with van der Waals surface area (Å²) in [5.74, 6) is 0. The largest absolute Gasteiger partial charge is 0.291 e. The third kappa shape index (κ3) is 3.26. The summed E-state index contributed by atoms with van der Waals surface area (Å²) >= 11 is 3.57. The third-order valence-electron chi connectivity index (χ3n) is 4.90. The molecule has 0 aliphatic carbocycles. The standard InChI is InChI=1S/C20H20BrN3O/c1-14-5-3-10-24-19(25)12-17(22-20(14)24)13-23-9-4-8-18(23)15-6-2-7-16(21)11-15/h2-3,5-7,10-12,18H,4,8-9,13H2,1H3/t18-/m0/s1. The maximum absolute atomic E-state index is 12.4. The van der Waals surface area contributed by atoms with Crippen LogP contribution in [0.3, 0.4) is 0 Å². The minimum atomic E-state index is -0.0121. The number of pyridine rings is 1. The van der Waals surface area contributed by atoms with Crippen LogP contribution in [0.5, 0.6) is 0 Å². The molecule has 0 saturated carbocycles. The smallest absolute Gasteiger partial charge is 0.258 e. The summed E-state index contributed by atoms with van der Waals surface area (Å²) in [6.45, 7) is 3.73. The van der Waals surface area contributed by atoms with Gasteiger partial charge in [-0.2, -0.15) is 0 Å². The first-order valence-electron chi connectivity index (χ1n) is 8.59. The molecule has 0 N–H and O–H groups in total. The molecular formula is C20H20BrN3O. The molecule has 1 saturated heterocycles. The van der Waals surface area contributed by atoms with Crippen molar-refractivity contribution in [3.63, 3.8) is 0 Å². The molecule has 1 aliphatic heterocycles. The summed E-state index contributed by atoms with van der Waals surface area (Å²) < 4.78 is 2.73. The second kappa shape index (κ2) is 6.73. The Labute approximate surface area is 155 Å². The maximum Gasteiger partial charge on any atom is 0.258 e. The fourth-order valence-electron chi connectivity index (χ4n) is 3.70. The van der Waals surface area contributed by atoms with E-state index in [2.05, 4.69) is 45.1 Å². The summed E-state index contributed by atoms with van der Waals surface area (Å²) in [5.41, 5.74) is 3.93. The Morgan fingerprint density at radius 2 is 2.12 bits per heavy atom. The highest BCUT2D eigenvalue weighted by Gasteiger charge is 2.26. The van der Waals surface area contributed by atoms with E-state index >= 15 is 0 Å². The molecular weight excluding hydrogens is 378 g/mol. The number of hydrogen-bond donors (Lipinski definition) is 0. The molecule has 3 heterocycles. The molecule has 2 aromatic heterocycles. The number of aryl methyl sites for hydroxylation is 1. The monoisotopic (exact) mass is 397 g/mol. The molecule has 4 nitrogen and oxygen atoms in total. The van der Waals surface area contributed by atoms with E-state index in [9.17, 15) is 4.79 Å². The van der Waals surface area contributed by atoms with Crippen LogP contribution in [0.4, 0.5) is 0 Å².